The first kappa shape index (κ1) is 33.0. The number of carbonyl (C=O) groups is 3. The van der Waals surface area contributed by atoms with E-state index in [2.05, 4.69) is 28.4 Å². The van der Waals surface area contributed by atoms with Gasteiger partial charge in [0.2, 0.25) is 0 Å². The molecule has 2 fully saturated rings. The first-order valence-corrected chi connectivity index (χ1v) is 11.7. The molecule has 0 atom stereocenters. The predicted molar refractivity (Wildman–Crippen MR) is 120 cm³/mol. The molecule has 3 rings (SSSR count). The summed E-state index contributed by atoms with van der Waals surface area (Å²) in [5.74, 6) is -5.51. The molecule has 1 spiro atoms. The van der Waals surface area contributed by atoms with Crippen LogP contribution in [0.5, 0.6) is 0 Å². The summed E-state index contributed by atoms with van der Waals surface area (Å²) in [6.07, 6.45) is -1.71. The van der Waals surface area contributed by atoms with E-state index in [-0.39, 0.29) is 12.2 Å². The van der Waals surface area contributed by atoms with Crippen LogP contribution in [-0.4, -0.2) is 80.5 Å². The summed E-state index contributed by atoms with van der Waals surface area (Å²) in [4.78, 5) is 32.0. The SMILES string of the molecule is CCn1cc(CN2CCC3(CC2)CC(NC(=O)OC(C)C)C3)cn1.O=C(O)C(F)(F)F.O=C(O)C(F)(F)F. The number of aryl methyl sites for hydroxylation is 1. The number of hydrogen-bond acceptors (Lipinski definition) is 6. The third-order valence-electron chi connectivity index (χ3n) is 5.84. The summed E-state index contributed by atoms with van der Waals surface area (Å²) in [6.45, 7) is 10.1. The molecular weight excluding hydrogens is 530 g/mol. The van der Waals surface area contributed by atoms with Crippen molar-refractivity contribution < 1.29 is 55.7 Å². The van der Waals surface area contributed by atoms with Crippen molar-refractivity contribution in [2.24, 2.45) is 5.41 Å². The van der Waals surface area contributed by atoms with Gasteiger partial charge in [0.15, 0.2) is 0 Å². The number of amides is 1. The van der Waals surface area contributed by atoms with Crippen LogP contribution in [0.2, 0.25) is 0 Å². The second-order valence-electron chi connectivity index (χ2n) is 9.29. The van der Waals surface area contributed by atoms with Gasteiger partial charge in [-0.15, -0.1) is 0 Å². The van der Waals surface area contributed by atoms with Crippen LogP contribution in [0.4, 0.5) is 31.1 Å². The Labute approximate surface area is 214 Å². The highest BCUT2D eigenvalue weighted by atomic mass is 19.4. The normalized spacial score (nSPS) is 17.4. The molecule has 0 radical (unpaired) electrons. The smallest absolute Gasteiger partial charge is 0.475 e. The molecule has 1 aliphatic carbocycles. The molecule has 2 aliphatic rings. The molecule has 10 nitrogen and oxygen atoms in total. The number of carboxylic acids is 2. The van der Waals surface area contributed by atoms with Crippen LogP contribution in [0.15, 0.2) is 12.4 Å². The van der Waals surface area contributed by atoms with Crippen LogP contribution in [0.25, 0.3) is 0 Å². The fourth-order valence-electron chi connectivity index (χ4n) is 4.02. The van der Waals surface area contributed by atoms with E-state index in [1.807, 2.05) is 24.7 Å². The maximum absolute atomic E-state index is 11.7. The Morgan fingerprint density at radius 2 is 1.55 bits per heavy atom. The number of piperidine rings is 1. The van der Waals surface area contributed by atoms with Crippen molar-refractivity contribution in [3.63, 3.8) is 0 Å². The van der Waals surface area contributed by atoms with Gasteiger partial charge in [-0.2, -0.15) is 31.4 Å². The van der Waals surface area contributed by atoms with Crippen LogP contribution in [0.3, 0.4) is 0 Å². The van der Waals surface area contributed by atoms with Gasteiger partial charge < -0.3 is 20.3 Å². The van der Waals surface area contributed by atoms with Crippen LogP contribution in [-0.2, 0) is 27.4 Å². The summed E-state index contributed by atoms with van der Waals surface area (Å²) in [7, 11) is 0. The lowest BCUT2D eigenvalue weighted by molar-refractivity contribution is -0.193. The van der Waals surface area contributed by atoms with E-state index in [1.54, 1.807) is 0 Å². The Balaban J connectivity index is 0.000000426. The summed E-state index contributed by atoms with van der Waals surface area (Å²) in [5, 5.41) is 21.6. The van der Waals surface area contributed by atoms with E-state index in [1.165, 1.54) is 18.4 Å². The lowest BCUT2D eigenvalue weighted by Crippen LogP contribution is -2.55. The number of likely N-dealkylation sites (tertiary alicyclic amines) is 1. The van der Waals surface area contributed by atoms with E-state index in [0.717, 1.165) is 39.0 Å². The Hall–Kier alpha value is -3.04. The Bertz CT molecular complexity index is 894. The molecule has 2 heterocycles. The number of rotatable bonds is 5. The van der Waals surface area contributed by atoms with Gasteiger partial charge in [-0.3, -0.25) is 9.58 Å². The number of hydrogen-bond donors (Lipinski definition) is 3. The van der Waals surface area contributed by atoms with Crippen molar-refractivity contribution >= 4 is 18.0 Å². The maximum Gasteiger partial charge on any atom is 0.490 e. The molecule has 0 unspecified atom stereocenters. The molecule has 3 N–H and O–H groups in total. The number of carboxylic acid groups (broad SMARTS) is 2. The number of nitrogens with zero attached hydrogens (tertiary/aromatic N) is 3. The van der Waals surface area contributed by atoms with Gasteiger partial charge in [0.05, 0.1) is 12.3 Å². The fraction of sp³-hybridized carbons (Fsp3) is 0.727. The number of ether oxygens (including phenoxy) is 1. The zero-order valence-corrected chi connectivity index (χ0v) is 21.1. The van der Waals surface area contributed by atoms with Gasteiger partial charge in [-0.05, 0) is 65.0 Å². The first-order valence-electron chi connectivity index (χ1n) is 11.7. The van der Waals surface area contributed by atoms with Crippen LogP contribution in [0.1, 0.15) is 52.0 Å². The van der Waals surface area contributed by atoms with Crippen LogP contribution < -0.4 is 5.32 Å². The largest absolute Gasteiger partial charge is 0.490 e. The summed E-state index contributed by atoms with van der Waals surface area (Å²) in [5.41, 5.74) is 1.75. The number of aromatic nitrogens is 2. The van der Waals surface area contributed by atoms with Gasteiger partial charge in [0.1, 0.15) is 0 Å². The molecular formula is C22H32F6N4O6. The third-order valence-corrected chi connectivity index (χ3v) is 5.84. The molecule has 0 aromatic carbocycles. The van der Waals surface area contributed by atoms with E-state index < -0.39 is 24.3 Å². The number of nitrogens with one attached hydrogen (secondary N) is 1. The zero-order chi connectivity index (χ0) is 29.3. The van der Waals surface area contributed by atoms with Crippen molar-refractivity contribution in [1.29, 1.82) is 0 Å². The predicted octanol–water partition coefficient (Wildman–Crippen LogP) is 4.05. The molecule has 1 aromatic rings. The second-order valence-corrected chi connectivity index (χ2v) is 9.29. The second kappa shape index (κ2) is 13.7. The average Bonchev–Trinajstić information content (AvgIpc) is 3.20. The number of carbonyl (C=O) groups excluding carboxylic acids is 1. The minimum Gasteiger partial charge on any atom is -0.475 e. The number of aliphatic carboxylic acids is 2. The molecule has 1 aromatic heterocycles. The highest BCUT2D eigenvalue weighted by Gasteiger charge is 2.46. The van der Waals surface area contributed by atoms with E-state index in [9.17, 15) is 31.1 Å². The van der Waals surface area contributed by atoms with E-state index >= 15 is 0 Å². The first-order chi connectivity index (χ1) is 17.4. The highest BCUT2D eigenvalue weighted by molar-refractivity contribution is 5.73. The molecule has 1 amide bonds. The lowest BCUT2D eigenvalue weighted by atomic mass is 9.60. The van der Waals surface area contributed by atoms with Gasteiger partial charge in [0.25, 0.3) is 0 Å². The van der Waals surface area contributed by atoms with Gasteiger partial charge in [0, 0.05) is 30.9 Å². The number of halogens is 6. The third kappa shape index (κ3) is 11.6. The highest BCUT2D eigenvalue weighted by Crippen LogP contribution is 2.49. The Morgan fingerprint density at radius 3 is 1.92 bits per heavy atom. The van der Waals surface area contributed by atoms with E-state index in [0.29, 0.717) is 11.5 Å². The van der Waals surface area contributed by atoms with Gasteiger partial charge >= 0.3 is 30.4 Å². The van der Waals surface area contributed by atoms with Gasteiger partial charge in [-0.25, -0.2) is 14.4 Å². The van der Waals surface area contributed by atoms with Crippen molar-refractivity contribution in [3.05, 3.63) is 18.0 Å². The molecule has 1 aliphatic heterocycles. The number of alkyl carbamates (subject to hydrolysis) is 1. The Morgan fingerprint density at radius 1 is 1.08 bits per heavy atom. The standard InChI is InChI=1S/C18H30N4O2.2C2HF3O2/c1-4-22-13-15(11-19-22)12-21-7-5-18(6-8-21)9-16(10-18)20-17(23)24-14(2)3;2*3-2(4,5)1(6)7/h11,13-14,16H,4-10,12H2,1-3H3,(H,20,23);2*(H,6,7). The molecule has 38 heavy (non-hydrogen) atoms. The molecule has 218 valence electrons. The molecule has 1 saturated carbocycles. The lowest BCUT2D eigenvalue weighted by Gasteiger charge is -2.52. The molecule has 1 saturated heterocycles. The van der Waals surface area contributed by atoms with Crippen molar-refractivity contribution in [2.45, 2.75) is 84.0 Å². The van der Waals surface area contributed by atoms with Crippen molar-refractivity contribution in [2.75, 3.05) is 13.1 Å². The fourth-order valence-corrected chi connectivity index (χ4v) is 4.02. The zero-order valence-electron chi connectivity index (χ0n) is 21.1. The summed E-state index contributed by atoms with van der Waals surface area (Å²) >= 11 is 0. The number of alkyl halides is 6. The average molecular weight is 563 g/mol. The summed E-state index contributed by atoms with van der Waals surface area (Å²) in [6, 6.07) is 0.297. The topological polar surface area (TPSA) is 134 Å². The van der Waals surface area contributed by atoms with Crippen LogP contribution in [0, 0.1) is 5.41 Å². The minimum absolute atomic E-state index is 0.0562. The van der Waals surface area contributed by atoms with Gasteiger partial charge in [-0.1, -0.05) is 0 Å². The van der Waals surface area contributed by atoms with Crippen LogP contribution >= 0.6 is 0 Å². The quantitative estimate of drug-likeness (QED) is 0.458. The Kier molecular flexibility index (Phi) is 11.9. The maximum atomic E-state index is 11.7. The monoisotopic (exact) mass is 562 g/mol. The van der Waals surface area contributed by atoms with E-state index in [4.69, 9.17) is 24.5 Å². The summed E-state index contributed by atoms with van der Waals surface area (Å²) < 4.78 is 70.6. The molecule has 16 heteroatoms. The van der Waals surface area contributed by atoms with Crippen molar-refractivity contribution in [3.8, 4) is 0 Å². The minimum atomic E-state index is -5.08. The van der Waals surface area contributed by atoms with Crippen molar-refractivity contribution in [1.82, 2.24) is 20.0 Å². The molecule has 0 bridgehead atoms.